The van der Waals surface area contributed by atoms with Gasteiger partial charge in [0.25, 0.3) is 0 Å². The van der Waals surface area contributed by atoms with Gasteiger partial charge in [-0.3, -0.25) is 4.79 Å². The lowest BCUT2D eigenvalue weighted by molar-refractivity contribution is -0.132. The molecule has 1 aliphatic heterocycles. The van der Waals surface area contributed by atoms with Gasteiger partial charge in [0.15, 0.2) is 0 Å². The van der Waals surface area contributed by atoms with Crippen LogP contribution >= 0.6 is 0 Å². The van der Waals surface area contributed by atoms with Crippen molar-refractivity contribution in [2.75, 3.05) is 13.2 Å². The predicted molar refractivity (Wildman–Crippen MR) is 54.2 cm³/mol. The van der Waals surface area contributed by atoms with E-state index in [0.717, 1.165) is 5.56 Å². The highest BCUT2D eigenvalue weighted by Gasteiger charge is 2.37. The van der Waals surface area contributed by atoms with Crippen molar-refractivity contribution in [3.63, 3.8) is 0 Å². The van der Waals surface area contributed by atoms with Gasteiger partial charge >= 0.3 is 0 Å². The summed E-state index contributed by atoms with van der Waals surface area (Å²) < 4.78 is 5.39. The third-order valence-corrected chi connectivity index (χ3v) is 2.89. The van der Waals surface area contributed by atoms with Gasteiger partial charge in [0, 0.05) is 6.42 Å². The summed E-state index contributed by atoms with van der Waals surface area (Å²) in [5.41, 5.74) is 0.629. The molecule has 14 heavy (non-hydrogen) atoms. The fraction of sp³-hybridized carbons (Fsp3) is 0.417. The molecule has 2 heteroatoms. The van der Waals surface area contributed by atoms with Crippen molar-refractivity contribution in [3.8, 4) is 0 Å². The van der Waals surface area contributed by atoms with Crippen molar-refractivity contribution in [2.45, 2.75) is 18.8 Å². The lowest BCUT2D eigenvalue weighted by Crippen LogP contribution is -2.41. The van der Waals surface area contributed by atoms with Crippen LogP contribution in [0.2, 0.25) is 0 Å². The third kappa shape index (κ3) is 1.46. The first-order chi connectivity index (χ1) is 6.73. The summed E-state index contributed by atoms with van der Waals surface area (Å²) in [5.74, 6) is 0.287. The van der Waals surface area contributed by atoms with Gasteiger partial charge in [0.2, 0.25) is 0 Å². The molecule has 2 nitrogen and oxygen atoms in total. The van der Waals surface area contributed by atoms with Crippen LogP contribution in [0.15, 0.2) is 30.3 Å². The molecule has 1 atom stereocenters. The van der Waals surface area contributed by atoms with Crippen LogP contribution in [0.5, 0.6) is 0 Å². The van der Waals surface area contributed by atoms with E-state index in [2.05, 4.69) is 0 Å². The summed E-state index contributed by atoms with van der Waals surface area (Å²) in [7, 11) is 0. The topological polar surface area (TPSA) is 26.3 Å². The molecule has 1 aromatic carbocycles. The summed E-state index contributed by atoms with van der Waals surface area (Å²) >= 11 is 0. The number of Topliss-reactive ketones (excluding diaryl/α,β-unsaturated/α-hetero) is 1. The van der Waals surface area contributed by atoms with Crippen LogP contribution in [0, 0.1) is 0 Å². The van der Waals surface area contributed by atoms with Gasteiger partial charge in [0.05, 0.1) is 18.6 Å². The Bertz CT molecular complexity index is 331. The Morgan fingerprint density at radius 1 is 1.29 bits per heavy atom. The zero-order valence-electron chi connectivity index (χ0n) is 8.32. The van der Waals surface area contributed by atoms with Crippen molar-refractivity contribution >= 4 is 5.78 Å². The lowest BCUT2D eigenvalue weighted by atomic mass is 9.77. The molecule has 1 heterocycles. The SMILES string of the molecule is C[C@]1(c2ccccc2)COCCC1=O. The van der Waals surface area contributed by atoms with Crippen LogP contribution in [0.25, 0.3) is 0 Å². The summed E-state index contributed by atoms with van der Waals surface area (Å²) in [5, 5.41) is 0. The molecule has 1 aromatic rings. The highest BCUT2D eigenvalue weighted by Crippen LogP contribution is 2.29. The predicted octanol–water partition coefficient (Wildman–Crippen LogP) is 1.93. The molecule has 74 valence electrons. The van der Waals surface area contributed by atoms with E-state index in [-0.39, 0.29) is 5.78 Å². The Labute approximate surface area is 83.9 Å². The molecule has 0 bridgehead atoms. The lowest BCUT2D eigenvalue weighted by Gasteiger charge is -2.32. The maximum atomic E-state index is 11.8. The monoisotopic (exact) mass is 190 g/mol. The second kappa shape index (κ2) is 3.54. The number of carbonyl (C=O) groups is 1. The molecule has 0 radical (unpaired) electrons. The van der Waals surface area contributed by atoms with Crippen LogP contribution in [0.4, 0.5) is 0 Å². The molecule has 0 unspecified atom stereocenters. The zero-order valence-corrected chi connectivity index (χ0v) is 8.32. The molecule has 1 fully saturated rings. The van der Waals surface area contributed by atoms with Crippen molar-refractivity contribution in [3.05, 3.63) is 35.9 Å². The van der Waals surface area contributed by atoms with E-state index in [0.29, 0.717) is 19.6 Å². The van der Waals surface area contributed by atoms with Gasteiger partial charge in [-0.1, -0.05) is 30.3 Å². The molecule has 0 amide bonds. The van der Waals surface area contributed by atoms with E-state index in [4.69, 9.17) is 4.74 Å². The van der Waals surface area contributed by atoms with Gasteiger partial charge < -0.3 is 4.74 Å². The number of benzene rings is 1. The van der Waals surface area contributed by atoms with E-state index in [1.807, 2.05) is 37.3 Å². The third-order valence-electron chi connectivity index (χ3n) is 2.89. The smallest absolute Gasteiger partial charge is 0.147 e. The minimum Gasteiger partial charge on any atom is -0.380 e. The van der Waals surface area contributed by atoms with Gasteiger partial charge in [-0.25, -0.2) is 0 Å². The first-order valence-electron chi connectivity index (χ1n) is 4.90. The van der Waals surface area contributed by atoms with E-state index in [9.17, 15) is 4.79 Å². The molecular formula is C12H14O2. The Hall–Kier alpha value is -1.15. The Balaban J connectivity index is 2.35. The maximum absolute atomic E-state index is 11.8. The van der Waals surface area contributed by atoms with Crippen LogP contribution in [-0.4, -0.2) is 19.0 Å². The second-order valence-corrected chi connectivity index (χ2v) is 3.92. The van der Waals surface area contributed by atoms with E-state index < -0.39 is 5.41 Å². The van der Waals surface area contributed by atoms with E-state index in [1.54, 1.807) is 0 Å². The van der Waals surface area contributed by atoms with Crippen LogP contribution < -0.4 is 0 Å². The number of ketones is 1. The number of hydrogen-bond acceptors (Lipinski definition) is 2. The first-order valence-corrected chi connectivity index (χ1v) is 4.90. The second-order valence-electron chi connectivity index (χ2n) is 3.92. The van der Waals surface area contributed by atoms with Gasteiger partial charge in [0.1, 0.15) is 5.78 Å². The quantitative estimate of drug-likeness (QED) is 0.676. The van der Waals surface area contributed by atoms with E-state index in [1.165, 1.54) is 0 Å². The van der Waals surface area contributed by atoms with Gasteiger partial charge in [-0.05, 0) is 12.5 Å². The number of hydrogen-bond donors (Lipinski definition) is 0. The summed E-state index contributed by atoms with van der Waals surface area (Å²) in [4.78, 5) is 11.8. The molecule has 1 saturated heterocycles. The Morgan fingerprint density at radius 3 is 2.64 bits per heavy atom. The first kappa shape index (κ1) is 9.41. The molecular weight excluding hydrogens is 176 g/mol. The molecule has 0 saturated carbocycles. The van der Waals surface area contributed by atoms with Gasteiger partial charge in [-0.2, -0.15) is 0 Å². The molecule has 0 N–H and O–H groups in total. The normalized spacial score (nSPS) is 27.6. The fourth-order valence-corrected chi connectivity index (χ4v) is 1.85. The molecule has 2 rings (SSSR count). The number of ether oxygens (including phenoxy) is 1. The van der Waals surface area contributed by atoms with Crippen molar-refractivity contribution in [2.24, 2.45) is 0 Å². The standard InChI is InChI=1S/C12H14O2/c1-12(9-14-8-7-11(12)13)10-5-3-2-4-6-10/h2-6H,7-9H2,1H3/t12-/m1/s1. The van der Waals surface area contributed by atoms with Crippen molar-refractivity contribution in [1.82, 2.24) is 0 Å². The Morgan fingerprint density at radius 2 is 2.00 bits per heavy atom. The molecule has 0 spiro atoms. The molecule has 1 aliphatic rings. The number of rotatable bonds is 1. The van der Waals surface area contributed by atoms with Crippen molar-refractivity contribution < 1.29 is 9.53 Å². The number of carbonyl (C=O) groups excluding carboxylic acids is 1. The molecule has 0 aliphatic carbocycles. The summed E-state index contributed by atoms with van der Waals surface area (Å²) in [6, 6.07) is 9.87. The van der Waals surface area contributed by atoms with Crippen LogP contribution in [0.1, 0.15) is 18.9 Å². The zero-order chi connectivity index (χ0) is 10.0. The van der Waals surface area contributed by atoms with Gasteiger partial charge in [-0.15, -0.1) is 0 Å². The van der Waals surface area contributed by atoms with Crippen LogP contribution in [0.3, 0.4) is 0 Å². The highest BCUT2D eigenvalue weighted by atomic mass is 16.5. The van der Waals surface area contributed by atoms with Crippen LogP contribution in [-0.2, 0) is 14.9 Å². The minimum atomic E-state index is -0.431. The Kier molecular flexibility index (Phi) is 2.38. The molecule has 0 aromatic heterocycles. The van der Waals surface area contributed by atoms with Crippen molar-refractivity contribution in [1.29, 1.82) is 0 Å². The average molecular weight is 190 g/mol. The largest absolute Gasteiger partial charge is 0.380 e. The van der Waals surface area contributed by atoms with E-state index >= 15 is 0 Å². The maximum Gasteiger partial charge on any atom is 0.147 e. The summed E-state index contributed by atoms with van der Waals surface area (Å²) in [6.07, 6.45) is 0.533. The highest BCUT2D eigenvalue weighted by molar-refractivity contribution is 5.90. The minimum absolute atomic E-state index is 0.287. The fourth-order valence-electron chi connectivity index (χ4n) is 1.85. The average Bonchev–Trinajstić information content (AvgIpc) is 2.24. The summed E-state index contributed by atoms with van der Waals surface area (Å²) in [6.45, 7) is 3.04.